The topological polar surface area (TPSA) is 29.1 Å². The Morgan fingerprint density at radius 2 is 2.20 bits per heavy atom. The first-order valence-electron chi connectivity index (χ1n) is 3.62. The van der Waals surface area contributed by atoms with Crippen LogP contribution in [0.4, 0.5) is 0 Å². The Balaban J connectivity index is 3.56. The predicted octanol–water partition coefficient (Wildman–Crippen LogP) is 1.33. The first-order chi connectivity index (χ1) is 4.68. The summed E-state index contributed by atoms with van der Waals surface area (Å²) in [6, 6.07) is 0. The third-order valence-electron chi connectivity index (χ3n) is 1.14. The summed E-state index contributed by atoms with van der Waals surface area (Å²) in [4.78, 5) is 10.9. The average molecular weight is 141 g/mol. The van der Waals surface area contributed by atoms with E-state index in [2.05, 4.69) is 5.32 Å². The molecule has 0 spiro atoms. The van der Waals surface area contributed by atoms with Gasteiger partial charge in [0, 0.05) is 12.5 Å². The molecular weight excluding hydrogens is 126 g/mol. The largest absolute Gasteiger partial charge is 0.391 e. The van der Waals surface area contributed by atoms with E-state index in [1.54, 1.807) is 12.3 Å². The zero-order valence-electron chi connectivity index (χ0n) is 6.85. The van der Waals surface area contributed by atoms with Gasteiger partial charge in [0.05, 0.1) is 0 Å². The number of carbonyl (C=O) groups excluding carboxylic acids is 1. The molecule has 0 unspecified atom stereocenters. The van der Waals surface area contributed by atoms with Crippen molar-refractivity contribution < 1.29 is 4.79 Å². The van der Waals surface area contributed by atoms with E-state index < -0.39 is 0 Å². The van der Waals surface area contributed by atoms with Crippen LogP contribution in [0, 0.1) is 5.92 Å². The summed E-state index contributed by atoms with van der Waals surface area (Å²) in [5, 5.41) is 2.93. The fourth-order valence-electron chi connectivity index (χ4n) is 0.451. The van der Waals surface area contributed by atoms with E-state index in [1.807, 2.05) is 20.8 Å². The molecule has 58 valence electrons. The number of hydrogen-bond acceptors (Lipinski definition) is 2. The highest BCUT2D eigenvalue weighted by Crippen LogP contribution is 1.93. The molecule has 0 aromatic rings. The van der Waals surface area contributed by atoms with Crippen LogP contribution in [-0.2, 0) is 4.79 Å². The van der Waals surface area contributed by atoms with Crippen molar-refractivity contribution in [1.29, 1.82) is 0 Å². The maximum Gasteiger partial charge on any atom is 0.159 e. The molecule has 0 aliphatic heterocycles. The summed E-state index contributed by atoms with van der Waals surface area (Å²) in [6.45, 7) is 6.63. The summed E-state index contributed by atoms with van der Waals surface area (Å²) in [5.74, 6) is 0.274. The second-order valence-corrected chi connectivity index (χ2v) is 2.45. The van der Waals surface area contributed by atoms with Gasteiger partial charge >= 0.3 is 0 Å². The van der Waals surface area contributed by atoms with Crippen molar-refractivity contribution in [1.82, 2.24) is 5.32 Å². The van der Waals surface area contributed by atoms with Crippen LogP contribution in [0.15, 0.2) is 12.3 Å². The van der Waals surface area contributed by atoms with Crippen LogP contribution in [0.5, 0.6) is 0 Å². The normalized spacial score (nSPS) is 10.8. The minimum Gasteiger partial charge on any atom is -0.391 e. The zero-order chi connectivity index (χ0) is 7.98. The molecule has 2 heteroatoms. The SMILES string of the molecule is CCN/C=C\C(=O)C(C)C. The Morgan fingerprint density at radius 1 is 1.60 bits per heavy atom. The van der Waals surface area contributed by atoms with Gasteiger partial charge in [0.15, 0.2) is 5.78 Å². The monoisotopic (exact) mass is 141 g/mol. The molecule has 0 heterocycles. The smallest absolute Gasteiger partial charge is 0.159 e. The first-order valence-corrected chi connectivity index (χ1v) is 3.62. The molecule has 0 aromatic carbocycles. The van der Waals surface area contributed by atoms with Gasteiger partial charge < -0.3 is 5.32 Å². The van der Waals surface area contributed by atoms with E-state index in [-0.39, 0.29) is 11.7 Å². The van der Waals surface area contributed by atoms with E-state index in [9.17, 15) is 4.79 Å². The third kappa shape index (κ3) is 4.13. The van der Waals surface area contributed by atoms with Gasteiger partial charge in [-0.15, -0.1) is 0 Å². The molecule has 0 aliphatic rings. The van der Waals surface area contributed by atoms with Crippen LogP contribution >= 0.6 is 0 Å². The Hall–Kier alpha value is -0.790. The van der Waals surface area contributed by atoms with Crippen molar-refractivity contribution in [3.63, 3.8) is 0 Å². The molecule has 0 aromatic heterocycles. The van der Waals surface area contributed by atoms with Gasteiger partial charge in [0.25, 0.3) is 0 Å². The van der Waals surface area contributed by atoms with E-state index in [1.165, 1.54) is 0 Å². The Bertz CT molecular complexity index is 127. The molecule has 0 aliphatic carbocycles. The van der Waals surface area contributed by atoms with Crippen molar-refractivity contribution in [2.45, 2.75) is 20.8 Å². The summed E-state index contributed by atoms with van der Waals surface area (Å²) in [7, 11) is 0. The van der Waals surface area contributed by atoms with Crippen molar-refractivity contribution in [2.24, 2.45) is 5.92 Å². The highest BCUT2D eigenvalue weighted by atomic mass is 16.1. The molecule has 0 saturated heterocycles. The van der Waals surface area contributed by atoms with Gasteiger partial charge in [-0.2, -0.15) is 0 Å². The molecule has 0 bridgehead atoms. The Morgan fingerprint density at radius 3 is 2.60 bits per heavy atom. The lowest BCUT2D eigenvalue weighted by Gasteiger charge is -1.96. The maximum atomic E-state index is 10.9. The molecule has 0 atom stereocenters. The second kappa shape index (κ2) is 5.03. The lowest BCUT2D eigenvalue weighted by Crippen LogP contribution is -2.07. The number of ketones is 1. The summed E-state index contributed by atoms with van der Waals surface area (Å²) in [6.07, 6.45) is 3.27. The molecule has 0 radical (unpaired) electrons. The molecule has 1 N–H and O–H groups in total. The average Bonchev–Trinajstić information content (AvgIpc) is 1.88. The quantitative estimate of drug-likeness (QED) is 0.598. The van der Waals surface area contributed by atoms with E-state index in [0.29, 0.717) is 0 Å². The van der Waals surface area contributed by atoms with Gasteiger partial charge in [-0.3, -0.25) is 4.79 Å². The maximum absolute atomic E-state index is 10.9. The second-order valence-electron chi connectivity index (χ2n) is 2.45. The number of nitrogens with one attached hydrogen (secondary N) is 1. The first kappa shape index (κ1) is 9.21. The third-order valence-corrected chi connectivity index (χ3v) is 1.14. The minimum atomic E-state index is 0.106. The van der Waals surface area contributed by atoms with E-state index in [0.717, 1.165) is 6.54 Å². The molecule has 0 saturated carbocycles. The van der Waals surface area contributed by atoms with Gasteiger partial charge in [-0.25, -0.2) is 0 Å². The van der Waals surface area contributed by atoms with Crippen molar-refractivity contribution >= 4 is 5.78 Å². The lowest BCUT2D eigenvalue weighted by atomic mass is 10.1. The zero-order valence-corrected chi connectivity index (χ0v) is 6.85. The molecule has 0 rings (SSSR count). The van der Waals surface area contributed by atoms with Gasteiger partial charge in [-0.1, -0.05) is 13.8 Å². The van der Waals surface area contributed by atoms with Crippen LogP contribution < -0.4 is 5.32 Å². The molecule has 10 heavy (non-hydrogen) atoms. The molecule has 0 amide bonds. The van der Waals surface area contributed by atoms with Crippen LogP contribution in [0.3, 0.4) is 0 Å². The summed E-state index contributed by atoms with van der Waals surface area (Å²) in [5.41, 5.74) is 0. The van der Waals surface area contributed by atoms with Gasteiger partial charge in [-0.05, 0) is 19.2 Å². The minimum absolute atomic E-state index is 0.106. The van der Waals surface area contributed by atoms with Crippen LogP contribution in [-0.4, -0.2) is 12.3 Å². The van der Waals surface area contributed by atoms with Crippen molar-refractivity contribution in [3.8, 4) is 0 Å². The lowest BCUT2D eigenvalue weighted by molar-refractivity contribution is -0.117. The highest BCUT2D eigenvalue weighted by molar-refractivity contribution is 5.90. The Kier molecular flexibility index (Phi) is 4.63. The summed E-state index contributed by atoms with van der Waals surface area (Å²) < 4.78 is 0. The number of hydrogen-bond donors (Lipinski definition) is 1. The van der Waals surface area contributed by atoms with Gasteiger partial charge in [0.1, 0.15) is 0 Å². The Labute approximate surface area is 62.3 Å². The van der Waals surface area contributed by atoms with E-state index in [4.69, 9.17) is 0 Å². The van der Waals surface area contributed by atoms with E-state index >= 15 is 0 Å². The van der Waals surface area contributed by atoms with Crippen molar-refractivity contribution in [2.75, 3.05) is 6.54 Å². The van der Waals surface area contributed by atoms with Crippen molar-refractivity contribution in [3.05, 3.63) is 12.3 Å². The fraction of sp³-hybridized carbons (Fsp3) is 0.625. The number of rotatable bonds is 4. The summed E-state index contributed by atoms with van der Waals surface area (Å²) >= 11 is 0. The highest BCUT2D eigenvalue weighted by Gasteiger charge is 1.99. The number of allylic oxidation sites excluding steroid dienone is 1. The van der Waals surface area contributed by atoms with Gasteiger partial charge in [0.2, 0.25) is 0 Å². The van der Waals surface area contributed by atoms with Crippen LogP contribution in [0.2, 0.25) is 0 Å². The van der Waals surface area contributed by atoms with Crippen LogP contribution in [0.25, 0.3) is 0 Å². The molecular formula is C8H15NO. The molecule has 0 fully saturated rings. The number of carbonyl (C=O) groups is 1. The fourth-order valence-corrected chi connectivity index (χ4v) is 0.451. The standard InChI is InChI=1S/C8H15NO/c1-4-9-6-5-8(10)7(2)3/h5-7,9H,4H2,1-3H3/b6-5-. The molecule has 2 nitrogen and oxygen atoms in total. The predicted molar refractivity (Wildman–Crippen MR) is 42.7 cm³/mol. The van der Waals surface area contributed by atoms with Crippen LogP contribution in [0.1, 0.15) is 20.8 Å².